The highest BCUT2D eigenvalue weighted by molar-refractivity contribution is 7.12. The van der Waals surface area contributed by atoms with E-state index >= 15 is 0 Å². The number of carbonyl (C=O) groups is 1. The van der Waals surface area contributed by atoms with Crippen LogP contribution >= 0.6 is 22.9 Å². The third-order valence-electron chi connectivity index (χ3n) is 4.84. The van der Waals surface area contributed by atoms with Crippen LogP contribution in [0.1, 0.15) is 21.7 Å². The number of nitrogens with zero attached hydrogens (tertiary/aromatic N) is 3. The van der Waals surface area contributed by atoms with Crippen LogP contribution in [0.15, 0.2) is 35.8 Å². The van der Waals surface area contributed by atoms with Crippen LogP contribution in [0.4, 0.5) is 11.4 Å². The molecule has 6 nitrogen and oxygen atoms in total. The van der Waals surface area contributed by atoms with Crippen LogP contribution in [0.3, 0.4) is 0 Å². The van der Waals surface area contributed by atoms with Crippen molar-refractivity contribution in [2.45, 2.75) is 13.8 Å². The zero-order valence-corrected chi connectivity index (χ0v) is 17.3. The van der Waals surface area contributed by atoms with E-state index in [1.54, 1.807) is 23.6 Å². The van der Waals surface area contributed by atoms with Crippen LogP contribution in [-0.2, 0) is 4.74 Å². The molecule has 2 aromatic heterocycles. The van der Waals surface area contributed by atoms with Gasteiger partial charge in [-0.1, -0.05) is 11.6 Å². The SMILES string of the molecule is Cc1cc(C(=O)Nc2cc(Cl)ccc2N2CCOCC2)c(C)n1-c1nccs1. The van der Waals surface area contributed by atoms with E-state index < -0.39 is 0 Å². The van der Waals surface area contributed by atoms with Crippen molar-refractivity contribution in [1.82, 2.24) is 9.55 Å². The van der Waals surface area contributed by atoms with Crippen molar-refractivity contribution in [3.8, 4) is 5.13 Å². The predicted molar refractivity (Wildman–Crippen MR) is 113 cm³/mol. The summed E-state index contributed by atoms with van der Waals surface area (Å²) in [6.07, 6.45) is 1.76. The third kappa shape index (κ3) is 3.65. The Bertz CT molecular complexity index is 994. The van der Waals surface area contributed by atoms with Gasteiger partial charge in [0.1, 0.15) is 0 Å². The van der Waals surface area contributed by atoms with Crippen LogP contribution in [0.2, 0.25) is 5.02 Å². The van der Waals surface area contributed by atoms with Gasteiger partial charge in [-0.15, -0.1) is 11.3 Å². The van der Waals surface area contributed by atoms with Crippen LogP contribution in [0.5, 0.6) is 0 Å². The molecule has 3 heterocycles. The molecule has 0 atom stereocenters. The van der Waals surface area contributed by atoms with Crippen molar-refractivity contribution in [3.63, 3.8) is 0 Å². The first-order chi connectivity index (χ1) is 13.5. The lowest BCUT2D eigenvalue weighted by molar-refractivity contribution is 0.102. The number of carbonyl (C=O) groups excluding carboxylic acids is 1. The summed E-state index contributed by atoms with van der Waals surface area (Å²) in [5, 5.41) is 6.42. The number of halogens is 1. The third-order valence-corrected chi connectivity index (χ3v) is 5.84. The van der Waals surface area contributed by atoms with Gasteiger partial charge in [0.15, 0.2) is 5.13 Å². The maximum Gasteiger partial charge on any atom is 0.257 e. The molecule has 0 saturated carbocycles. The van der Waals surface area contributed by atoms with Crippen molar-refractivity contribution in [2.75, 3.05) is 36.5 Å². The monoisotopic (exact) mass is 416 g/mol. The van der Waals surface area contributed by atoms with E-state index in [1.807, 2.05) is 42.0 Å². The average molecular weight is 417 g/mol. The molecule has 146 valence electrons. The van der Waals surface area contributed by atoms with E-state index in [2.05, 4.69) is 15.2 Å². The topological polar surface area (TPSA) is 59.4 Å². The van der Waals surface area contributed by atoms with Crippen molar-refractivity contribution in [1.29, 1.82) is 0 Å². The number of nitrogens with one attached hydrogen (secondary N) is 1. The Morgan fingerprint density at radius 2 is 2.04 bits per heavy atom. The number of ether oxygens (including phenoxy) is 1. The van der Waals surface area contributed by atoms with Gasteiger partial charge in [-0.25, -0.2) is 4.98 Å². The number of aromatic nitrogens is 2. The summed E-state index contributed by atoms with van der Waals surface area (Å²) in [6.45, 7) is 6.82. The van der Waals surface area contributed by atoms with Crippen molar-refractivity contribution < 1.29 is 9.53 Å². The smallest absolute Gasteiger partial charge is 0.257 e. The summed E-state index contributed by atoms with van der Waals surface area (Å²) < 4.78 is 7.44. The molecule has 1 fully saturated rings. The Labute approximate surface area is 172 Å². The van der Waals surface area contributed by atoms with E-state index in [0.717, 1.165) is 35.3 Å². The summed E-state index contributed by atoms with van der Waals surface area (Å²) in [7, 11) is 0. The first kappa shape index (κ1) is 19.0. The maximum absolute atomic E-state index is 13.1. The van der Waals surface area contributed by atoms with Gasteiger partial charge in [0.05, 0.1) is 30.2 Å². The van der Waals surface area contributed by atoms with Gasteiger partial charge in [-0.05, 0) is 38.1 Å². The molecular weight excluding hydrogens is 396 g/mol. The number of morpholine rings is 1. The molecule has 28 heavy (non-hydrogen) atoms. The zero-order valence-electron chi connectivity index (χ0n) is 15.7. The molecule has 1 N–H and O–H groups in total. The van der Waals surface area contributed by atoms with Gasteiger partial charge < -0.3 is 15.0 Å². The Balaban J connectivity index is 1.64. The van der Waals surface area contributed by atoms with Crippen LogP contribution in [-0.4, -0.2) is 41.8 Å². The lowest BCUT2D eigenvalue weighted by Crippen LogP contribution is -2.36. The lowest BCUT2D eigenvalue weighted by atomic mass is 10.2. The molecule has 1 aromatic carbocycles. The summed E-state index contributed by atoms with van der Waals surface area (Å²) in [5.41, 5.74) is 4.12. The number of hydrogen-bond donors (Lipinski definition) is 1. The molecule has 8 heteroatoms. The second-order valence-electron chi connectivity index (χ2n) is 6.65. The normalized spacial score (nSPS) is 14.3. The second kappa shape index (κ2) is 7.95. The second-order valence-corrected chi connectivity index (χ2v) is 7.96. The highest BCUT2D eigenvalue weighted by atomic mass is 35.5. The van der Waals surface area contributed by atoms with Crippen LogP contribution in [0, 0.1) is 13.8 Å². The quantitative estimate of drug-likeness (QED) is 0.689. The van der Waals surface area contributed by atoms with Crippen molar-refractivity contribution in [2.24, 2.45) is 0 Å². The first-order valence-corrected chi connectivity index (χ1v) is 10.3. The fourth-order valence-electron chi connectivity index (χ4n) is 3.49. The van der Waals surface area contributed by atoms with Crippen molar-refractivity contribution in [3.05, 3.63) is 57.8 Å². The van der Waals surface area contributed by atoms with E-state index in [-0.39, 0.29) is 5.91 Å². The maximum atomic E-state index is 13.1. The lowest BCUT2D eigenvalue weighted by Gasteiger charge is -2.30. The standard InChI is InChI=1S/C20H21ClN4O2S/c1-13-11-16(14(2)25(13)20-22-5-10-28-20)19(26)23-17-12-15(21)3-4-18(17)24-6-8-27-9-7-24/h3-5,10-12H,6-9H2,1-2H3,(H,23,26). The summed E-state index contributed by atoms with van der Waals surface area (Å²) in [5.74, 6) is -0.160. The number of rotatable bonds is 4. The molecule has 0 spiro atoms. The minimum absolute atomic E-state index is 0.160. The van der Waals surface area contributed by atoms with Gasteiger partial charge in [-0.3, -0.25) is 9.36 Å². The van der Waals surface area contributed by atoms with Crippen LogP contribution < -0.4 is 10.2 Å². The van der Waals surface area contributed by atoms with Gasteiger partial charge in [0.25, 0.3) is 5.91 Å². The van der Waals surface area contributed by atoms with Gasteiger partial charge in [-0.2, -0.15) is 0 Å². The minimum atomic E-state index is -0.160. The van der Waals surface area contributed by atoms with Gasteiger partial charge in [0.2, 0.25) is 0 Å². The molecule has 3 aromatic rings. The Morgan fingerprint density at radius 3 is 2.75 bits per heavy atom. The fraction of sp³-hybridized carbons (Fsp3) is 0.300. The minimum Gasteiger partial charge on any atom is -0.378 e. The Hall–Kier alpha value is -2.35. The summed E-state index contributed by atoms with van der Waals surface area (Å²) in [6, 6.07) is 7.48. The van der Waals surface area contributed by atoms with E-state index in [1.165, 1.54) is 0 Å². The molecule has 0 unspecified atom stereocenters. The average Bonchev–Trinajstić information content (AvgIpc) is 3.30. The molecule has 1 aliphatic heterocycles. The molecule has 0 aliphatic carbocycles. The Kier molecular flexibility index (Phi) is 5.39. The number of thiazole rings is 1. The number of hydrogen-bond acceptors (Lipinski definition) is 5. The highest BCUT2D eigenvalue weighted by Crippen LogP contribution is 2.31. The zero-order chi connectivity index (χ0) is 19.7. The number of anilines is 2. The Morgan fingerprint density at radius 1 is 1.25 bits per heavy atom. The molecular formula is C20H21ClN4O2S. The number of amides is 1. The molecule has 0 radical (unpaired) electrons. The van der Waals surface area contributed by atoms with Gasteiger partial charge in [0, 0.05) is 41.1 Å². The molecule has 1 saturated heterocycles. The number of aryl methyl sites for hydroxylation is 1. The molecule has 0 bridgehead atoms. The number of benzene rings is 1. The highest BCUT2D eigenvalue weighted by Gasteiger charge is 2.21. The largest absolute Gasteiger partial charge is 0.378 e. The molecule has 4 rings (SSSR count). The van der Waals surface area contributed by atoms with Gasteiger partial charge >= 0.3 is 0 Å². The van der Waals surface area contributed by atoms with E-state index in [9.17, 15) is 4.79 Å². The molecule has 1 aliphatic rings. The fourth-order valence-corrected chi connectivity index (χ4v) is 4.42. The molecule has 1 amide bonds. The predicted octanol–water partition coefficient (Wildman–Crippen LogP) is 4.29. The summed E-state index contributed by atoms with van der Waals surface area (Å²) >= 11 is 7.75. The van der Waals surface area contributed by atoms with E-state index in [0.29, 0.717) is 29.5 Å². The van der Waals surface area contributed by atoms with E-state index in [4.69, 9.17) is 16.3 Å². The van der Waals surface area contributed by atoms with Crippen molar-refractivity contribution >= 4 is 40.2 Å². The summed E-state index contributed by atoms with van der Waals surface area (Å²) in [4.78, 5) is 19.7. The first-order valence-electron chi connectivity index (χ1n) is 9.07. The van der Waals surface area contributed by atoms with Crippen LogP contribution in [0.25, 0.3) is 5.13 Å².